The zero-order valence-electron chi connectivity index (χ0n) is 9.92. The molecular weight excluding hydrogens is 238 g/mol. The summed E-state index contributed by atoms with van der Waals surface area (Å²) in [5, 5.41) is 0. The Kier molecular flexibility index (Phi) is 3.45. The average molecular weight is 251 g/mol. The van der Waals surface area contributed by atoms with Crippen LogP contribution in [-0.2, 0) is 14.3 Å². The predicted octanol–water partition coefficient (Wildman–Crippen LogP) is 0.484. The summed E-state index contributed by atoms with van der Waals surface area (Å²) >= 11 is 0. The normalized spacial score (nSPS) is 19.7. The number of piperidine rings is 1. The van der Waals surface area contributed by atoms with Crippen molar-refractivity contribution in [1.29, 1.82) is 0 Å². The van der Waals surface area contributed by atoms with Gasteiger partial charge < -0.3 is 14.1 Å². The molecule has 1 aliphatic rings. The smallest absolute Gasteiger partial charge is 0.318 e. The van der Waals surface area contributed by atoms with Gasteiger partial charge in [-0.2, -0.15) is 0 Å². The number of esters is 1. The molecule has 96 valence electrons. The molecule has 0 saturated carbocycles. The molecule has 0 radical (unpaired) electrons. The second-order valence-electron chi connectivity index (χ2n) is 4.02. The molecule has 1 atom stereocenters. The molecule has 1 unspecified atom stereocenters. The molecule has 18 heavy (non-hydrogen) atoms. The highest BCUT2D eigenvalue weighted by atomic mass is 16.5. The van der Waals surface area contributed by atoms with Crippen molar-refractivity contribution in [2.75, 3.05) is 20.2 Å². The van der Waals surface area contributed by atoms with E-state index >= 15 is 0 Å². The van der Waals surface area contributed by atoms with E-state index in [1.165, 1.54) is 18.3 Å². The molecule has 1 aromatic rings. The predicted molar refractivity (Wildman–Crippen MR) is 59.7 cm³/mol. The molecule has 2 rings (SSSR count). The van der Waals surface area contributed by atoms with Crippen molar-refractivity contribution in [1.82, 2.24) is 4.90 Å². The van der Waals surface area contributed by atoms with Gasteiger partial charge in [0.1, 0.15) is 5.92 Å². The maximum Gasteiger partial charge on any atom is 0.318 e. The van der Waals surface area contributed by atoms with Crippen LogP contribution in [0, 0.1) is 5.92 Å². The molecule has 6 heteroatoms. The van der Waals surface area contributed by atoms with Crippen molar-refractivity contribution in [3.63, 3.8) is 0 Å². The summed E-state index contributed by atoms with van der Waals surface area (Å²) in [6, 6.07) is 3.16. The third kappa shape index (κ3) is 2.27. The largest absolute Gasteiger partial charge is 0.468 e. The Balaban J connectivity index is 2.10. The van der Waals surface area contributed by atoms with E-state index in [0.29, 0.717) is 6.54 Å². The first kappa shape index (κ1) is 12.3. The summed E-state index contributed by atoms with van der Waals surface area (Å²) in [7, 11) is 1.23. The number of Topliss-reactive ketones (excluding diaryl/α,β-unsaturated/α-hetero) is 1. The van der Waals surface area contributed by atoms with Crippen LogP contribution in [0.25, 0.3) is 0 Å². The average Bonchev–Trinajstić information content (AvgIpc) is 2.91. The molecule has 0 aliphatic carbocycles. The van der Waals surface area contributed by atoms with Gasteiger partial charge in [0.25, 0.3) is 5.91 Å². The fourth-order valence-corrected chi connectivity index (χ4v) is 1.92. The molecule has 6 nitrogen and oxygen atoms in total. The summed E-state index contributed by atoms with van der Waals surface area (Å²) in [5.41, 5.74) is 0. The molecule has 1 saturated heterocycles. The number of amides is 1. The minimum absolute atomic E-state index is 0.0467. The van der Waals surface area contributed by atoms with Crippen LogP contribution in [-0.4, -0.2) is 42.8 Å². The number of likely N-dealkylation sites (tertiary alicyclic amines) is 1. The van der Waals surface area contributed by atoms with Crippen molar-refractivity contribution < 1.29 is 23.5 Å². The van der Waals surface area contributed by atoms with Crippen molar-refractivity contribution in [2.24, 2.45) is 5.92 Å². The Labute approximate surface area is 103 Å². The highest BCUT2D eigenvalue weighted by molar-refractivity contribution is 6.01. The van der Waals surface area contributed by atoms with Gasteiger partial charge in [-0.05, 0) is 12.1 Å². The number of hydrogen-bond acceptors (Lipinski definition) is 5. The van der Waals surface area contributed by atoms with Crippen molar-refractivity contribution in [3.8, 4) is 0 Å². The first-order valence-electron chi connectivity index (χ1n) is 5.57. The Hall–Kier alpha value is -2.11. The quantitative estimate of drug-likeness (QED) is 0.564. The van der Waals surface area contributed by atoms with Crippen LogP contribution >= 0.6 is 0 Å². The number of ether oxygens (including phenoxy) is 1. The fourth-order valence-electron chi connectivity index (χ4n) is 1.92. The van der Waals surface area contributed by atoms with Crippen LogP contribution in [0.1, 0.15) is 17.0 Å². The van der Waals surface area contributed by atoms with E-state index < -0.39 is 11.9 Å². The van der Waals surface area contributed by atoms with Gasteiger partial charge in [0.15, 0.2) is 11.5 Å². The molecule has 0 N–H and O–H groups in total. The third-order valence-electron chi connectivity index (χ3n) is 2.92. The number of nitrogens with zero attached hydrogens (tertiary/aromatic N) is 1. The van der Waals surface area contributed by atoms with Gasteiger partial charge in [-0.1, -0.05) is 0 Å². The zero-order chi connectivity index (χ0) is 13.1. The minimum atomic E-state index is -0.886. The lowest BCUT2D eigenvalue weighted by atomic mass is 9.96. The molecule has 1 fully saturated rings. The summed E-state index contributed by atoms with van der Waals surface area (Å²) in [5.74, 6) is -1.79. The van der Waals surface area contributed by atoms with Gasteiger partial charge in [-0.3, -0.25) is 14.4 Å². The van der Waals surface area contributed by atoms with Crippen molar-refractivity contribution >= 4 is 17.7 Å². The topological polar surface area (TPSA) is 76.8 Å². The van der Waals surface area contributed by atoms with Crippen LogP contribution in [0.2, 0.25) is 0 Å². The molecule has 1 aliphatic heterocycles. The number of carbonyl (C=O) groups is 3. The highest BCUT2D eigenvalue weighted by Gasteiger charge is 2.36. The maximum atomic E-state index is 12.0. The minimum Gasteiger partial charge on any atom is -0.468 e. The van der Waals surface area contributed by atoms with E-state index in [9.17, 15) is 14.4 Å². The Morgan fingerprint density at radius 1 is 1.50 bits per heavy atom. The van der Waals surface area contributed by atoms with Gasteiger partial charge in [0, 0.05) is 19.5 Å². The van der Waals surface area contributed by atoms with E-state index in [4.69, 9.17) is 4.42 Å². The van der Waals surface area contributed by atoms with Gasteiger partial charge in [-0.25, -0.2) is 0 Å². The van der Waals surface area contributed by atoms with Crippen LogP contribution < -0.4 is 0 Å². The maximum absolute atomic E-state index is 12.0. The summed E-state index contributed by atoms with van der Waals surface area (Å²) in [4.78, 5) is 36.4. The summed E-state index contributed by atoms with van der Waals surface area (Å²) < 4.78 is 9.56. The monoisotopic (exact) mass is 251 g/mol. The SMILES string of the molecule is COC(=O)C1CN(C(=O)c2ccco2)CCC1=O. The first-order valence-corrected chi connectivity index (χ1v) is 5.57. The molecule has 1 aromatic heterocycles. The number of rotatable bonds is 2. The molecule has 0 bridgehead atoms. The number of hydrogen-bond donors (Lipinski definition) is 0. The van der Waals surface area contributed by atoms with Gasteiger partial charge in [-0.15, -0.1) is 0 Å². The van der Waals surface area contributed by atoms with E-state index in [1.54, 1.807) is 12.1 Å². The van der Waals surface area contributed by atoms with E-state index in [-0.39, 0.29) is 30.4 Å². The third-order valence-corrected chi connectivity index (χ3v) is 2.92. The van der Waals surface area contributed by atoms with Crippen LogP contribution in [0.3, 0.4) is 0 Å². The van der Waals surface area contributed by atoms with E-state index in [2.05, 4.69) is 4.74 Å². The summed E-state index contributed by atoms with van der Waals surface area (Å²) in [6.07, 6.45) is 1.56. The van der Waals surface area contributed by atoms with Crippen molar-refractivity contribution in [2.45, 2.75) is 6.42 Å². The lowest BCUT2D eigenvalue weighted by molar-refractivity contribution is -0.151. The molecule has 0 spiro atoms. The van der Waals surface area contributed by atoms with Crippen molar-refractivity contribution in [3.05, 3.63) is 24.2 Å². The lowest BCUT2D eigenvalue weighted by Crippen LogP contribution is -2.47. The number of carbonyl (C=O) groups excluding carboxylic acids is 3. The first-order chi connectivity index (χ1) is 8.63. The van der Waals surface area contributed by atoms with Gasteiger partial charge in [0.2, 0.25) is 0 Å². The Morgan fingerprint density at radius 2 is 2.28 bits per heavy atom. The molecule has 2 heterocycles. The zero-order valence-corrected chi connectivity index (χ0v) is 9.92. The lowest BCUT2D eigenvalue weighted by Gasteiger charge is -2.29. The standard InChI is InChI=1S/C12H13NO5/c1-17-12(16)8-7-13(5-4-9(8)14)11(15)10-3-2-6-18-10/h2-3,6,8H,4-5,7H2,1H3. The molecular formula is C12H13NO5. The highest BCUT2D eigenvalue weighted by Crippen LogP contribution is 2.17. The number of ketones is 1. The second-order valence-corrected chi connectivity index (χ2v) is 4.02. The van der Waals surface area contributed by atoms with Gasteiger partial charge in [0.05, 0.1) is 13.4 Å². The number of furan rings is 1. The molecule has 1 amide bonds. The van der Waals surface area contributed by atoms with Gasteiger partial charge >= 0.3 is 5.97 Å². The fraction of sp³-hybridized carbons (Fsp3) is 0.417. The van der Waals surface area contributed by atoms with Crippen LogP contribution in [0.15, 0.2) is 22.8 Å². The Bertz CT molecular complexity index is 457. The van der Waals surface area contributed by atoms with E-state index in [1.807, 2.05) is 0 Å². The van der Waals surface area contributed by atoms with E-state index in [0.717, 1.165) is 0 Å². The molecule has 0 aromatic carbocycles. The van der Waals surface area contributed by atoms with Crippen LogP contribution in [0.4, 0.5) is 0 Å². The number of methoxy groups -OCH3 is 1. The second kappa shape index (κ2) is 5.03. The van der Waals surface area contributed by atoms with Crippen LogP contribution in [0.5, 0.6) is 0 Å². The Morgan fingerprint density at radius 3 is 2.89 bits per heavy atom. The summed E-state index contributed by atoms with van der Waals surface area (Å²) in [6.45, 7) is 0.344.